The van der Waals surface area contributed by atoms with Gasteiger partial charge in [0.25, 0.3) is 6.08 Å². The van der Waals surface area contributed by atoms with E-state index < -0.39 is 81.2 Å². The summed E-state index contributed by atoms with van der Waals surface area (Å²) in [6, 6.07) is -0.968. The van der Waals surface area contributed by atoms with Crippen LogP contribution < -0.4 is 20.7 Å². The molecule has 0 bridgehead atoms. The Morgan fingerprint density at radius 3 is 2.34 bits per heavy atom. The first-order valence-corrected chi connectivity index (χ1v) is 14.6. The van der Waals surface area contributed by atoms with Gasteiger partial charge in [-0.05, 0) is 50.9 Å². The van der Waals surface area contributed by atoms with E-state index in [1.54, 1.807) is 0 Å². The van der Waals surface area contributed by atoms with Gasteiger partial charge in [0.15, 0.2) is 5.82 Å². The number of rotatable bonds is 6. The molecule has 2 aromatic heterocycles. The number of fused-ring (bicyclic) bond motifs is 2. The minimum Gasteiger partial charge on any atom is -0.461 e. The van der Waals surface area contributed by atoms with E-state index in [9.17, 15) is 39.5 Å². The van der Waals surface area contributed by atoms with Crippen molar-refractivity contribution in [2.24, 2.45) is 0 Å². The molecule has 0 amide bonds. The van der Waals surface area contributed by atoms with Crippen LogP contribution in [-0.2, 0) is 12.4 Å². The number of nitrogen functional groups attached to an aromatic ring is 1. The van der Waals surface area contributed by atoms with Crippen LogP contribution in [0.2, 0.25) is 0 Å². The van der Waals surface area contributed by atoms with Crippen LogP contribution in [-0.4, -0.2) is 70.8 Å². The number of alkyl halides is 6. The number of pyridine rings is 1. The highest BCUT2D eigenvalue weighted by molar-refractivity contribution is 5.95. The molecule has 3 fully saturated rings. The fourth-order valence-corrected chi connectivity index (χ4v) is 6.83. The van der Waals surface area contributed by atoms with Crippen molar-refractivity contribution < 1.29 is 48.6 Å². The summed E-state index contributed by atoms with van der Waals surface area (Å²) in [5, 5.41) is 2.23. The molecule has 18 heteroatoms. The maximum atomic E-state index is 16.5. The van der Waals surface area contributed by atoms with E-state index in [2.05, 4.69) is 25.2 Å². The van der Waals surface area contributed by atoms with Crippen molar-refractivity contribution in [1.82, 2.24) is 25.2 Å². The predicted molar refractivity (Wildman–Crippen MR) is 150 cm³/mol. The molecule has 1 atom stereocenters. The van der Waals surface area contributed by atoms with E-state index in [-0.39, 0.29) is 43.7 Å². The summed E-state index contributed by atoms with van der Waals surface area (Å²) in [6.07, 6.45) is -9.20. The van der Waals surface area contributed by atoms with Gasteiger partial charge in [0.2, 0.25) is 0 Å². The van der Waals surface area contributed by atoms with Crippen LogP contribution in [0.15, 0.2) is 24.3 Å². The van der Waals surface area contributed by atoms with Gasteiger partial charge in [-0.1, -0.05) is 0 Å². The number of ether oxygens (including phenoxy) is 1. The summed E-state index contributed by atoms with van der Waals surface area (Å²) >= 11 is 0. The Morgan fingerprint density at radius 2 is 1.70 bits per heavy atom. The Kier molecular flexibility index (Phi) is 8.39. The largest absolute Gasteiger partial charge is 0.461 e. The van der Waals surface area contributed by atoms with Crippen molar-refractivity contribution in [3.63, 3.8) is 0 Å². The molecule has 0 radical (unpaired) electrons. The van der Waals surface area contributed by atoms with Gasteiger partial charge in [-0.2, -0.15) is 45.1 Å². The molecule has 0 saturated carbocycles. The van der Waals surface area contributed by atoms with E-state index in [0.29, 0.717) is 12.1 Å². The Hall–Kier alpha value is -3.93. The normalized spacial score (nSPS) is 20.1. The van der Waals surface area contributed by atoms with E-state index in [1.165, 1.54) is 4.90 Å². The number of hydrogen-bond donors (Lipinski definition) is 2. The molecular formula is C29H27F10N7O. The zero-order valence-electron chi connectivity index (χ0n) is 24.4. The summed E-state index contributed by atoms with van der Waals surface area (Å²) in [5.74, 6) is -5.22. The lowest BCUT2D eigenvalue weighted by molar-refractivity contribution is -0.141. The summed E-state index contributed by atoms with van der Waals surface area (Å²) in [7, 11) is 0. The lowest BCUT2D eigenvalue weighted by atomic mass is 9.95. The van der Waals surface area contributed by atoms with Crippen LogP contribution in [0.5, 0.6) is 6.01 Å². The Morgan fingerprint density at radius 1 is 1.00 bits per heavy atom. The molecule has 47 heavy (non-hydrogen) atoms. The lowest BCUT2D eigenvalue weighted by Crippen LogP contribution is -2.50. The van der Waals surface area contributed by atoms with E-state index in [0.717, 1.165) is 38.8 Å². The third kappa shape index (κ3) is 6.24. The molecule has 3 aromatic rings. The second-order valence-corrected chi connectivity index (χ2v) is 11.8. The van der Waals surface area contributed by atoms with Crippen molar-refractivity contribution >= 4 is 22.5 Å². The standard InChI is InChI=1S/C29H27F10N7O/c30-17-11-19(40)42-24(21(17)29(37,38)39)20-16(28(34,35)36)10-15-23(22(20)33)43-26(47-13-27-3-1-6-46(27)7-2-4-27)44-25(15)45-8-5-41-14(12-45)9-18(31)32/h9-11,14,41H,1-8,12-13H2,(H2,40,42). The van der Waals surface area contributed by atoms with Crippen molar-refractivity contribution in [2.75, 3.05) is 50.0 Å². The molecule has 8 nitrogen and oxygen atoms in total. The molecule has 1 aromatic carbocycles. The number of nitrogens with one attached hydrogen (secondary N) is 1. The SMILES string of the molecule is Nc1cc(F)c(C(F)(F)F)c(-c2c(C(F)(F)F)cc3c(N4CCNC(C=C(F)F)C4)nc(OCC45CCCN4CCC5)nc3c2F)n1. The number of halogens is 10. The maximum absolute atomic E-state index is 16.5. The van der Waals surface area contributed by atoms with Gasteiger partial charge < -0.3 is 20.7 Å². The van der Waals surface area contributed by atoms with E-state index in [1.807, 2.05) is 0 Å². The summed E-state index contributed by atoms with van der Waals surface area (Å²) < 4.78 is 149. The molecule has 3 aliphatic heterocycles. The first kappa shape index (κ1) is 33.0. The van der Waals surface area contributed by atoms with Crippen LogP contribution in [0.25, 0.3) is 22.2 Å². The van der Waals surface area contributed by atoms with Gasteiger partial charge >= 0.3 is 18.4 Å². The van der Waals surface area contributed by atoms with Crippen LogP contribution in [0, 0.1) is 11.6 Å². The minimum atomic E-state index is -5.60. The van der Waals surface area contributed by atoms with E-state index >= 15 is 4.39 Å². The van der Waals surface area contributed by atoms with Crippen LogP contribution in [0.3, 0.4) is 0 Å². The van der Waals surface area contributed by atoms with Crippen molar-refractivity contribution in [1.29, 1.82) is 0 Å². The zero-order chi connectivity index (χ0) is 33.9. The van der Waals surface area contributed by atoms with Crippen molar-refractivity contribution in [2.45, 2.75) is 49.6 Å². The summed E-state index contributed by atoms with van der Waals surface area (Å²) in [6.45, 7) is 1.52. The number of nitrogens with zero attached hydrogens (tertiary/aromatic N) is 5. The fraction of sp³-hybridized carbons (Fsp3) is 0.483. The van der Waals surface area contributed by atoms with Crippen LogP contribution in [0.1, 0.15) is 36.8 Å². The van der Waals surface area contributed by atoms with Gasteiger partial charge in [-0.15, -0.1) is 0 Å². The molecule has 6 rings (SSSR count). The van der Waals surface area contributed by atoms with E-state index in [4.69, 9.17) is 10.5 Å². The molecule has 0 aliphatic carbocycles. The number of aromatic nitrogens is 3. The fourth-order valence-electron chi connectivity index (χ4n) is 6.83. The number of hydrogen-bond acceptors (Lipinski definition) is 8. The molecule has 1 unspecified atom stereocenters. The Balaban J connectivity index is 1.58. The summed E-state index contributed by atoms with van der Waals surface area (Å²) in [4.78, 5) is 15.2. The molecule has 3 aliphatic rings. The molecule has 5 heterocycles. The van der Waals surface area contributed by atoms with Crippen molar-refractivity contribution in [3.8, 4) is 17.3 Å². The third-order valence-corrected chi connectivity index (χ3v) is 8.82. The lowest BCUT2D eigenvalue weighted by Gasteiger charge is -2.34. The molecule has 254 valence electrons. The number of benzene rings is 1. The third-order valence-electron chi connectivity index (χ3n) is 8.82. The van der Waals surface area contributed by atoms with Gasteiger partial charge in [-0.25, -0.2) is 13.8 Å². The smallest absolute Gasteiger partial charge is 0.421 e. The quantitative estimate of drug-likeness (QED) is 0.300. The number of nitrogens with two attached hydrogens (primary N) is 1. The second-order valence-electron chi connectivity index (χ2n) is 11.8. The first-order chi connectivity index (χ1) is 22.1. The molecule has 3 N–H and O–H groups in total. The van der Waals surface area contributed by atoms with Gasteiger partial charge in [-0.3, -0.25) is 4.90 Å². The van der Waals surface area contributed by atoms with Crippen molar-refractivity contribution in [3.05, 3.63) is 47.1 Å². The highest BCUT2D eigenvalue weighted by atomic mass is 19.4. The topological polar surface area (TPSA) is 92.4 Å². The molecule has 0 spiro atoms. The zero-order valence-corrected chi connectivity index (χ0v) is 24.4. The highest BCUT2D eigenvalue weighted by Gasteiger charge is 2.46. The van der Waals surface area contributed by atoms with Crippen LogP contribution in [0.4, 0.5) is 55.5 Å². The predicted octanol–water partition coefficient (Wildman–Crippen LogP) is 6.16. The first-order valence-electron chi connectivity index (χ1n) is 14.6. The monoisotopic (exact) mass is 679 g/mol. The van der Waals surface area contributed by atoms with Gasteiger partial charge in [0, 0.05) is 37.1 Å². The molecule has 3 saturated heterocycles. The average molecular weight is 680 g/mol. The number of piperazine rings is 1. The summed E-state index contributed by atoms with van der Waals surface area (Å²) in [5.41, 5.74) is -3.47. The number of anilines is 2. The van der Waals surface area contributed by atoms with Gasteiger partial charge in [0.05, 0.1) is 22.4 Å². The highest BCUT2D eigenvalue weighted by Crippen LogP contribution is 2.47. The van der Waals surface area contributed by atoms with Crippen LogP contribution >= 0.6 is 0 Å². The average Bonchev–Trinajstić information content (AvgIpc) is 3.54. The van der Waals surface area contributed by atoms with Gasteiger partial charge in [0.1, 0.15) is 35.1 Å². The minimum absolute atomic E-state index is 0.0203. The Labute approximate surface area is 260 Å². The maximum Gasteiger partial charge on any atom is 0.421 e. The second kappa shape index (κ2) is 11.9. The molecular weight excluding hydrogens is 652 g/mol. The Bertz CT molecular complexity index is 1710.